The summed E-state index contributed by atoms with van der Waals surface area (Å²) in [6, 6.07) is 16.9. The lowest BCUT2D eigenvalue weighted by atomic mass is 10.1. The molecule has 0 aliphatic carbocycles. The van der Waals surface area contributed by atoms with E-state index in [9.17, 15) is 14.7 Å². The van der Waals surface area contributed by atoms with E-state index in [4.69, 9.17) is 4.74 Å². The van der Waals surface area contributed by atoms with Gasteiger partial charge in [-0.1, -0.05) is 49.4 Å². The second-order valence-electron chi connectivity index (χ2n) is 7.77. The van der Waals surface area contributed by atoms with Crippen molar-refractivity contribution in [2.45, 2.75) is 32.8 Å². The number of nitrogens with zero attached hydrogens (tertiary/aromatic N) is 3. The van der Waals surface area contributed by atoms with Gasteiger partial charge >= 0.3 is 12.1 Å². The van der Waals surface area contributed by atoms with E-state index in [2.05, 4.69) is 15.3 Å². The molecule has 0 spiro atoms. The van der Waals surface area contributed by atoms with Gasteiger partial charge in [-0.15, -0.1) is 0 Å². The highest BCUT2D eigenvalue weighted by Gasteiger charge is 2.18. The predicted octanol–water partition coefficient (Wildman–Crippen LogP) is 4.07. The Morgan fingerprint density at radius 2 is 1.70 bits per heavy atom. The van der Waals surface area contributed by atoms with Gasteiger partial charge in [0.25, 0.3) is 0 Å². The Hall–Kier alpha value is -3.94. The molecule has 8 heteroatoms. The minimum atomic E-state index is -0.908. The Bertz CT molecular complexity index is 1100. The van der Waals surface area contributed by atoms with E-state index < -0.39 is 12.1 Å². The molecule has 1 amide bonds. The third-order valence-corrected chi connectivity index (χ3v) is 4.98. The van der Waals surface area contributed by atoms with Crippen LogP contribution in [-0.4, -0.2) is 41.2 Å². The van der Waals surface area contributed by atoms with E-state index >= 15 is 0 Å². The van der Waals surface area contributed by atoms with Crippen molar-refractivity contribution in [3.63, 3.8) is 0 Å². The Labute approximate surface area is 193 Å². The lowest BCUT2D eigenvalue weighted by molar-refractivity contribution is -0.136. The van der Waals surface area contributed by atoms with Gasteiger partial charge in [0.2, 0.25) is 0 Å². The highest BCUT2D eigenvalue weighted by atomic mass is 16.5. The summed E-state index contributed by atoms with van der Waals surface area (Å²) >= 11 is 0. The van der Waals surface area contributed by atoms with Gasteiger partial charge in [0, 0.05) is 37.5 Å². The first kappa shape index (κ1) is 23.7. The molecule has 33 heavy (non-hydrogen) atoms. The maximum atomic E-state index is 12.0. The number of nitrogens with one attached hydrogen (secondary N) is 1. The number of rotatable bonds is 9. The first-order valence-electron chi connectivity index (χ1n) is 10.7. The van der Waals surface area contributed by atoms with Crippen LogP contribution in [0, 0.1) is 0 Å². The highest BCUT2D eigenvalue weighted by Crippen LogP contribution is 2.22. The van der Waals surface area contributed by atoms with Crippen LogP contribution in [0.1, 0.15) is 35.1 Å². The van der Waals surface area contributed by atoms with Crippen LogP contribution in [0.25, 0.3) is 0 Å². The monoisotopic (exact) mass is 448 g/mol. The molecule has 0 saturated heterocycles. The third-order valence-electron chi connectivity index (χ3n) is 4.98. The van der Waals surface area contributed by atoms with Crippen molar-refractivity contribution in [1.29, 1.82) is 0 Å². The molecular formula is C25H28N4O4. The number of ether oxygens (including phenoxy) is 1. The second kappa shape index (κ2) is 11.1. The van der Waals surface area contributed by atoms with Gasteiger partial charge < -0.3 is 14.7 Å². The molecule has 0 unspecified atom stereocenters. The van der Waals surface area contributed by atoms with Crippen molar-refractivity contribution in [2.24, 2.45) is 0 Å². The van der Waals surface area contributed by atoms with Crippen LogP contribution in [0.2, 0.25) is 0 Å². The standard InChI is InChI=1S/C25H28N4O4/c1-4-21-20(15-23(30)31)24(29(2)3)28-22(27-21)14-17-10-12-19(13-11-17)26-25(32)33-16-18-8-6-5-7-9-18/h5-13H,4,14-16H2,1-3H3,(H,26,32)(H,30,31). The summed E-state index contributed by atoms with van der Waals surface area (Å²) in [6.07, 6.45) is 0.469. The summed E-state index contributed by atoms with van der Waals surface area (Å²) in [5.74, 6) is 0.334. The van der Waals surface area contributed by atoms with Gasteiger partial charge in [0.15, 0.2) is 0 Å². The van der Waals surface area contributed by atoms with Gasteiger partial charge in [-0.3, -0.25) is 10.1 Å². The van der Waals surface area contributed by atoms with Crippen molar-refractivity contribution in [1.82, 2.24) is 9.97 Å². The number of aryl methyl sites for hydroxylation is 1. The molecule has 0 aliphatic heterocycles. The van der Waals surface area contributed by atoms with Crippen LogP contribution in [0.5, 0.6) is 0 Å². The molecule has 0 aliphatic rings. The van der Waals surface area contributed by atoms with E-state index in [1.165, 1.54) is 0 Å². The third kappa shape index (κ3) is 6.77. The number of amides is 1. The summed E-state index contributed by atoms with van der Waals surface area (Å²) in [7, 11) is 3.68. The van der Waals surface area contributed by atoms with Crippen LogP contribution in [-0.2, 0) is 35.4 Å². The van der Waals surface area contributed by atoms with Crippen molar-refractivity contribution in [3.05, 3.63) is 82.8 Å². The summed E-state index contributed by atoms with van der Waals surface area (Å²) in [5, 5.41) is 12.0. The summed E-state index contributed by atoms with van der Waals surface area (Å²) < 4.78 is 5.24. The van der Waals surface area contributed by atoms with Crippen LogP contribution in [0.15, 0.2) is 54.6 Å². The van der Waals surface area contributed by atoms with E-state index in [1.807, 2.05) is 68.4 Å². The summed E-state index contributed by atoms with van der Waals surface area (Å²) in [4.78, 5) is 34.4. The fourth-order valence-electron chi connectivity index (χ4n) is 3.41. The molecular weight excluding hydrogens is 420 g/mol. The zero-order chi connectivity index (χ0) is 23.8. The number of carboxylic acid groups (broad SMARTS) is 1. The number of carboxylic acids is 1. The van der Waals surface area contributed by atoms with E-state index in [1.54, 1.807) is 12.1 Å². The number of aliphatic carboxylic acids is 1. The van der Waals surface area contributed by atoms with Crippen molar-refractivity contribution in [2.75, 3.05) is 24.3 Å². The minimum Gasteiger partial charge on any atom is -0.481 e. The van der Waals surface area contributed by atoms with Crippen molar-refractivity contribution < 1.29 is 19.4 Å². The van der Waals surface area contributed by atoms with Crippen LogP contribution >= 0.6 is 0 Å². The molecule has 1 heterocycles. The normalized spacial score (nSPS) is 10.5. The molecule has 3 rings (SSSR count). The SMILES string of the molecule is CCc1nc(Cc2ccc(NC(=O)OCc3ccccc3)cc2)nc(N(C)C)c1CC(=O)O. The molecule has 2 aromatic carbocycles. The Morgan fingerprint density at radius 3 is 2.30 bits per heavy atom. The fourth-order valence-corrected chi connectivity index (χ4v) is 3.41. The largest absolute Gasteiger partial charge is 0.481 e. The van der Waals surface area contributed by atoms with Crippen LogP contribution in [0.3, 0.4) is 0 Å². The predicted molar refractivity (Wildman–Crippen MR) is 127 cm³/mol. The molecule has 0 fully saturated rings. The van der Waals surface area contributed by atoms with Crippen molar-refractivity contribution in [3.8, 4) is 0 Å². The quantitative estimate of drug-likeness (QED) is 0.508. The topological polar surface area (TPSA) is 105 Å². The molecule has 3 aromatic rings. The maximum Gasteiger partial charge on any atom is 0.411 e. The number of hydrogen-bond donors (Lipinski definition) is 2. The van der Waals surface area contributed by atoms with E-state index in [0.29, 0.717) is 35.7 Å². The number of carbonyl (C=O) groups is 2. The second-order valence-corrected chi connectivity index (χ2v) is 7.77. The van der Waals surface area contributed by atoms with Crippen molar-refractivity contribution >= 4 is 23.6 Å². The molecule has 0 radical (unpaired) electrons. The first-order chi connectivity index (χ1) is 15.9. The summed E-state index contributed by atoms with van der Waals surface area (Å²) in [6.45, 7) is 2.15. The van der Waals surface area contributed by atoms with Crippen LogP contribution in [0.4, 0.5) is 16.3 Å². The van der Waals surface area contributed by atoms with Gasteiger partial charge in [-0.2, -0.15) is 0 Å². The Morgan fingerprint density at radius 1 is 1.00 bits per heavy atom. The molecule has 2 N–H and O–H groups in total. The Balaban J connectivity index is 1.67. The van der Waals surface area contributed by atoms with Gasteiger partial charge in [0.1, 0.15) is 18.2 Å². The Kier molecular flexibility index (Phi) is 7.96. The number of benzene rings is 2. The average Bonchev–Trinajstić information content (AvgIpc) is 2.80. The summed E-state index contributed by atoms with van der Waals surface area (Å²) in [5.41, 5.74) is 3.90. The van der Waals surface area contributed by atoms with Gasteiger partial charge in [-0.05, 0) is 29.7 Å². The number of hydrogen-bond acceptors (Lipinski definition) is 6. The molecule has 172 valence electrons. The first-order valence-corrected chi connectivity index (χ1v) is 10.7. The maximum absolute atomic E-state index is 12.0. The zero-order valence-corrected chi connectivity index (χ0v) is 19.0. The molecule has 1 aromatic heterocycles. The minimum absolute atomic E-state index is 0.113. The van der Waals surface area contributed by atoms with Gasteiger partial charge in [0.05, 0.1) is 6.42 Å². The zero-order valence-electron chi connectivity index (χ0n) is 19.0. The number of anilines is 2. The molecule has 0 bridgehead atoms. The van der Waals surface area contributed by atoms with E-state index in [0.717, 1.165) is 16.8 Å². The van der Waals surface area contributed by atoms with E-state index in [-0.39, 0.29) is 13.0 Å². The smallest absolute Gasteiger partial charge is 0.411 e. The lowest BCUT2D eigenvalue weighted by Crippen LogP contribution is -2.19. The lowest BCUT2D eigenvalue weighted by Gasteiger charge is -2.19. The molecule has 0 saturated carbocycles. The highest BCUT2D eigenvalue weighted by molar-refractivity contribution is 5.84. The average molecular weight is 449 g/mol. The van der Waals surface area contributed by atoms with Crippen LogP contribution < -0.4 is 10.2 Å². The fraction of sp³-hybridized carbons (Fsp3) is 0.280. The molecule has 8 nitrogen and oxygen atoms in total. The molecule has 0 atom stereocenters. The number of aromatic nitrogens is 2. The number of carbonyl (C=O) groups excluding carboxylic acids is 1. The van der Waals surface area contributed by atoms with Gasteiger partial charge in [-0.25, -0.2) is 14.8 Å².